The van der Waals surface area contributed by atoms with Gasteiger partial charge in [-0.05, 0) is 29.8 Å². The first-order chi connectivity index (χ1) is 12.2. The molecule has 1 amide bonds. The summed E-state index contributed by atoms with van der Waals surface area (Å²) >= 11 is 0. The predicted molar refractivity (Wildman–Crippen MR) is 96.0 cm³/mol. The van der Waals surface area contributed by atoms with Crippen LogP contribution in [-0.4, -0.2) is 26.7 Å². The van der Waals surface area contributed by atoms with Crippen LogP contribution in [-0.2, 0) is 4.79 Å². The van der Waals surface area contributed by atoms with Crippen LogP contribution < -0.4 is 19.5 Å². The summed E-state index contributed by atoms with van der Waals surface area (Å²) in [5, 5.41) is 3.03. The maximum absolute atomic E-state index is 12.3. The summed E-state index contributed by atoms with van der Waals surface area (Å²) in [5.41, 5.74) is 1.88. The van der Waals surface area contributed by atoms with Gasteiger partial charge in [-0.1, -0.05) is 24.3 Å². The Morgan fingerprint density at radius 1 is 1.16 bits per heavy atom. The quantitative estimate of drug-likeness (QED) is 0.849. The van der Waals surface area contributed by atoms with Crippen LogP contribution in [0.5, 0.6) is 17.2 Å². The van der Waals surface area contributed by atoms with E-state index in [1.165, 1.54) is 6.08 Å². The van der Waals surface area contributed by atoms with Gasteiger partial charge in [0.05, 0.1) is 26.9 Å². The van der Waals surface area contributed by atoms with Gasteiger partial charge >= 0.3 is 0 Å². The molecule has 0 saturated heterocycles. The molecule has 1 atom stereocenters. The van der Waals surface area contributed by atoms with E-state index >= 15 is 0 Å². The van der Waals surface area contributed by atoms with E-state index in [1.807, 2.05) is 42.5 Å². The number of benzene rings is 2. The molecule has 1 heterocycles. The van der Waals surface area contributed by atoms with Crippen LogP contribution in [0.25, 0.3) is 6.08 Å². The molecule has 1 aliphatic heterocycles. The molecule has 0 bridgehead atoms. The number of fused-ring (bicyclic) bond motifs is 1. The molecular formula is C20H21NO4. The molecule has 3 rings (SSSR count). The number of para-hydroxylation sites is 1. The summed E-state index contributed by atoms with van der Waals surface area (Å²) in [6, 6.07) is 13.3. The van der Waals surface area contributed by atoms with Crippen molar-refractivity contribution in [1.82, 2.24) is 5.32 Å². The lowest BCUT2D eigenvalue weighted by molar-refractivity contribution is -0.117. The van der Waals surface area contributed by atoms with E-state index in [2.05, 4.69) is 5.32 Å². The number of methoxy groups -OCH3 is 2. The topological polar surface area (TPSA) is 56.8 Å². The zero-order valence-corrected chi connectivity index (χ0v) is 14.3. The van der Waals surface area contributed by atoms with Gasteiger partial charge in [0.2, 0.25) is 5.91 Å². The summed E-state index contributed by atoms with van der Waals surface area (Å²) in [5.74, 6) is 1.98. The Balaban J connectivity index is 1.68. The van der Waals surface area contributed by atoms with Crippen molar-refractivity contribution in [3.63, 3.8) is 0 Å². The first-order valence-electron chi connectivity index (χ1n) is 8.13. The number of amides is 1. The monoisotopic (exact) mass is 339 g/mol. The van der Waals surface area contributed by atoms with E-state index in [4.69, 9.17) is 14.2 Å². The average Bonchev–Trinajstić information content (AvgIpc) is 2.66. The molecule has 1 aliphatic rings. The molecule has 0 radical (unpaired) electrons. The van der Waals surface area contributed by atoms with Crippen molar-refractivity contribution in [2.75, 3.05) is 20.8 Å². The third-order valence-electron chi connectivity index (χ3n) is 4.11. The maximum Gasteiger partial charge on any atom is 0.244 e. The molecule has 0 fully saturated rings. The minimum atomic E-state index is -0.142. The second-order valence-electron chi connectivity index (χ2n) is 5.68. The third kappa shape index (κ3) is 3.94. The van der Waals surface area contributed by atoms with Gasteiger partial charge in [0.25, 0.3) is 0 Å². The fourth-order valence-corrected chi connectivity index (χ4v) is 2.84. The number of ether oxygens (including phenoxy) is 3. The molecule has 0 aromatic heterocycles. The van der Waals surface area contributed by atoms with E-state index in [0.717, 1.165) is 23.3 Å². The smallest absolute Gasteiger partial charge is 0.244 e. The zero-order chi connectivity index (χ0) is 17.6. The van der Waals surface area contributed by atoms with E-state index < -0.39 is 0 Å². The molecule has 5 nitrogen and oxygen atoms in total. The molecule has 2 aromatic carbocycles. The van der Waals surface area contributed by atoms with Crippen molar-refractivity contribution in [2.45, 2.75) is 12.5 Å². The van der Waals surface area contributed by atoms with Crippen LogP contribution in [0.3, 0.4) is 0 Å². The first kappa shape index (κ1) is 16.9. The number of rotatable bonds is 5. The number of hydrogen-bond donors (Lipinski definition) is 1. The van der Waals surface area contributed by atoms with Crippen molar-refractivity contribution >= 4 is 12.0 Å². The Hall–Kier alpha value is -2.95. The fourth-order valence-electron chi connectivity index (χ4n) is 2.84. The van der Waals surface area contributed by atoms with Gasteiger partial charge in [-0.2, -0.15) is 0 Å². The minimum Gasteiger partial charge on any atom is -0.493 e. The fraction of sp³-hybridized carbons (Fsp3) is 0.250. The number of hydrogen-bond acceptors (Lipinski definition) is 4. The van der Waals surface area contributed by atoms with Gasteiger partial charge in [0.15, 0.2) is 11.5 Å². The van der Waals surface area contributed by atoms with E-state index in [1.54, 1.807) is 20.3 Å². The Bertz CT molecular complexity index is 785. The van der Waals surface area contributed by atoms with Gasteiger partial charge in [0, 0.05) is 18.1 Å². The molecule has 1 N–H and O–H groups in total. The SMILES string of the molecule is COc1ccc(/C=C/C(=O)N[C@@H]2CCOc3ccccc32)cc1OC. The second-order valence-corrected chi connectivity index (χ2v) is 5.68. The predicted octanol–water partition coefficient (Wildman–Crippen LogP) is 3.36. The first-order valence-corrected chi connectivity index (χ1v) is 8.13. The van der Waals surface area contributed by atoms with E-state index in [0.29, 0.717) is 18.1 Å². The largest absolute Gasteiger partial charge is 0.493 e. The van der Waals surface area contributed by atoms with Gasteiger partial charge in [0.1, 0.15) is 5.75 Å². The van der Waals surface area contributed by atoms with Crippen LogP contribution in [0, 0.1) is 0 Å². The Morgan fingerprint density at radius 3 is 2.76 bits per heavy atom. The Kier molecular flexibility index (Phi) is 5.23. The van der Waals surface area contributed by atoms with Gasteiger partial charge < -0.3 is 19.5 Å². The normalized spacial score (nSPS) is 16.0. The molecule has 0 unspecified atom stereocenters. The summed E-state index contributed by atoms with van der Waals surface area (Å²) < 4.78 is 16.1. The number of carbonyl (C=O) groups is 1. The highest BCUT2D eigenvalue weighted by Gasteiger charge is 2.21. The standard InChI is InChI=1S/C20H21NO4/c1-23-18-9-7-14(13-19(18)24-2)8-10-20(22)21-16-11-12-25-17-6-4-3-5-15(16)17/h3-10,13,16H,11-12H2,1-2H3,(H,21,22)/b10-8+/t16-/m1/s1. The van der Waals surface area contributed by atoms with Crippen molar-refractivity contribution in [1.29, 1.82) is 0 Å². The highest BCUT2D eigenvalue weighted by atomic mass is 16.5. The average molecular weight is 339 g/mol. The summed E-state index contributed by atoms with van der Waals surface area (Å²) in [6.45, 7) is 0.599. The summed E-state index contributed by atoms with van der Waals surface area (Å²) in [4.78, 5) is 12.3. The molecular weight excluding hydrogens is 318 g/mol. The Morgan fingerprint density at radius 2 is 1.96 bits per heavy atom. The molecule has 2 aromatic rings. The van der Waals surface area contributed by atoms with Crippen molar-refractivity contribution in [3.05, 3.63) is 59.7 Å². The highest BCUT2D eigenvalue weighted by Crippen LogP contribution is 2.31. The van der Waals surface area contributed by atoms with Gasteiger partial charge in [-0.3, -0.25) is 4.79 Å². The van der Waals surface area contributed by atoms with Crippen molar-refractivity contribution < 1.29 is 19.0 Å². The number of carbonyl (C=O) groups excluding carboxylic acids is 1. The molecule has 0 spiro atoms. The van der Waals surface area contributed by atoms with Crippen LogP contribution in [0.2, 0.25) is 0 Å². The van der Waals surface area contributed by atoms with Crippen LogP contribution in [0.1, 0.15) is 23.6 Å². The maximum atomic E-state index is 12.3. The minimum absolute atomic E-state index is 0.0347. The highest BCUT2D eigenvalue weighted by molar-refractivity contribution is 5.92. The van der Waals surface area contributed by atoms with Crippen LogP contribution in [0.15, 0.2) is 48.5 Å². The van der Waals surface area contributed by atoms with Crippen LogP contribution >= 0.6 is 0 Å². The third-order valence-corrected chi connectivity index (χ3v) is 4.11. The summed E-state index contributed by atoms with van der Waals surface area (Å²) in [6.07, 6.45) is 4.04. The molecule has 0 aliphatic carbocycles. The lowest BCUT2D eigenvalue weighted by atomic mass is 10.0. The lowest BCUT2D eigenvalue weighted by Crippen LogP contribution is -2.30. The lowest BCUT2D eigenvalue weighted by Gasteiger charge is -2.26. The molecule has 25 heavy (non-hydrogen) atoms. The Labute approximate surface area is 147 Å². The van der Waals surface area contributed by atoms with Gasteiger partial charge in [-0.15, -0.1) is 0 Å². The van der Waals surface area contributed by atoms with E-state index in [9.17, 15) is 4.79 Å². The number of nitrogens with one attached hydrogen (secondary N) is 1. The van der Waals surface area contributed by atoms with Crippen LogP contribution in [0.4, 0.5) is 0 Å². The zero-order valence-electron chi connectivity index (χ0n) is 14.3. The molecule has 5 heteroatoms. The van der Waals surface area contributed by atoms with Gasteiger partial charge in [-0.25, -0.2) is 0 Å². The van der Waals surface area contributed by atoms with Crippen molar-refractivity contribution in [2.24, 2.45) is 0 Å². The molecule has 0 saturated carbocycles. The second kappa shape index (κ2) is 7.75. The summed E-state index contributed by atoms with van der Waals surface area (Å²) in [7, 11) is 3.17. The molecule has 130 valence electrons. The van der Waals surface area contributed by atoms with Crippen molar-refractivity contribution in [3.8, 4) is 17.2 Å². The van der Waals surface area contributed by atoms with E-state index in [-0.39, 0.29) is 11.9 Å².